The van der Waals surface area contributed by atoms with E-state index in [9.17, 15) is 4.79 Å². The average molecular weight is 242 g/mol. The largest absolute Gasteiger partial charge is 0.466 e. The van der Waals surface area contributed by atoms with Crippen LogP contribution in [-0.2, 0) is 9.53 Å². The molecule has 2 heteroatoms. The molecule has 0 aromatic rings. The Morgan fingerprint density at radius 2 is 1.65 bits per heavy atom. The molecule has 0 rings (SSSR count). The standard InChI is InChI=1S/C15H30O2/c1-4-5-12-15(16)17-13-10-8-6-7-9-11-14(2)3/h14H,4-13H2,1-3H3. The van der Waals surface area contributed by atoms with E-state index in [2.05, 4.69) is 20.8 Å². The fraction of sp³-hybridized carbons (Fsp3) is 0.933. The number of carbonyl (C=O) groups is 1. The molecule has 0 amide bonds. The zero-order valence-electron chi connectivity index (χ0n) is 12.0. The van der Waals surface area contributed by atoms with Gasteiger partial charge >= 0.3 is 5.97 Å². The van der Waals surface area contributed by atoms with E-state index in [-0.39, 0.29) is 5.97 Å². The molecular formula is C15H30O2. The molecule has 0 radical (unpaired) electrons. The van der Waals surface area contributed by atoms with Gasteiger partial charge in [0.1, 0.15) is 0 Å². The van der Waals surface area contributed by atoms with E-state index < -0.39 is 0 Å². The number of ether oxygens (including phenoxy) is 1. The molecule has 0 aliphatic carbocycles. The lowest BCUT2D eigenvalue weighted by Gasteiger charge is -2.05. The van der Waals surface area contributed by atoms with Gasteiger partial charge in [-0.2, -0.15) is 0 Å². The minimum absolute atomic E-state index is 0.0216. The molecule has 102 valence electrons. The fourth-order valence-corrected chi connectivity index (χ4v) is 1.76. The van der Waals surface area contributed by atoms with Gasteiger partial charge in [0.15, 0.2) is 0 Å². The van der Waals surface area contributed by atoms with Crippen LogP contribution in [0.2, 0.25) is 0 Å². The molecule has 0 unspecified atom stereocenters. The van der Waals surface area contributed by atoms with Crippen LogP contribution in [0.25, 0.3) is 0 Å². The van der Waals surface area contributed by atoms with Crippen LogP contribution in [0.5, 0.6) is 0 Å². The zero-order valence-corrected chi connectivity index (χ0v) is 12.0. The summed E-state index contributed by atoms with van der Waals surface area (Å²) in [6.07, 6.45) is 10.1. The summed E-state index contributed by atoms with van der Waals surface area (Å²) in [7, 11) is 0. The summed E-state index contributed by atoms with van der Waals surface area (Å²) in [6.45, 7) is 7.25. The number of esters is 1. The van der Waals surface area contributed by atoms with Crippen LogP contribution in [-0.4, -0.2) is 12.6 Å². The van der Waals surface area contributed by atoms with E-state index >= 15 is 0 Å². The van der Waals surface area contributed by atoms with E-state index in [0.29, 0.717) is 13.0 Å². The lowest BCUT2D eigenvalue weighted by Crippen LogP contribution is -2.05. The van der Waals surface area contributed by atoms with Gasteiger partial charge in [0.05, 0.1) is 6.61 Å². The maximum atomic E-state index is 11.2. The van der Waals surface area contributed by atoms with Gasteiger partial charge < -0.3 is 4.74 Å². The molecule has 2 nitrogen and oxygen atoms in total. The van der Waals surface area contributed by atoms with Gasteiger partial charge in [-0.1, -0.05) is 59.3 Å². The van der Waals surface area contributed by atoms with Crippen LogP contribution in [0, 0.1) is 5.92 Å². The topological polar surface area (TPSA) is 26.3 Å². The SMILES string of the molecule is CCCCC(=O)OCCCCCCCC(C)C. The summed E-state index contributed by atoms with van der Waals surface area (Å²) >= 11 is 0. The van der Waals surface area contributed by atoms with Crippen molar-refractivity contribution < 1.29 is 9.53 Å². The van der Waals surface area contributed by atoms with E-state index in [1.54, 1.807) is 0 Å². The van der Waals surface area contributed by atoms with E-state index in [4.69, 9.17) is 4.74 Å². The number of carbonyl (C=O) groups excluding carboxylic acids is 1. The number of hydrogen-bond donors (Lipinski definition) is 0. The third-order valence-corrected chi connectivity index (χ3v) is 2.92. The highest BCUT2D eigenvalue weighted by molar-refractivity contribution is 5.69. The molecule has 0 N–H and O–H groups in total. The van der Waals surface area contributed by atoms with Crippen molar-refractivity contribution in [1.29, 1.82) is 0 Å². The normalized spacial score (nSPS) is 10.8. The minimum Gasteiger partial charge on any atom is -0.466 e. The molecule has 0 atom stereocenters. The Labute approximate surface area is 107 Å². The molecule has 0 aromatic carbocycles. The molecule has 0 aliphatic rings. The van der Waals surface area contributed by atoms with E-state index in [0.717, 1.165) is 25.2 Å². The molecule has 0 saturated carbocycles. The fourth-order valence-electron chi connectivity index (χ4n) is 1.76. The molecule has 0 heterocycles. The third kappa shape index (κ3) is 13.4. The second kappa shape index (κ2) is 11.9. The van der Waals surface area contributed by atoms with Crippen molar-refractivity contribution in [1.82, 2.24) is 0 Å². The summed E-state index contributed by atoms with van der Waals surface area (Å²) in [5, 5.41) is 0. The Kier molecular flexibility index (Phi) is 11.6. The Bertz CT molecular complexity index is 176. The van der Waals surface area contributed by atoms with Gasteiger partial charge in [-0.3, -0.25) is 4.79 Å². The van der Waals surface area contributed by atoms with Crippen LogP contribution in [0.15, 0.2) is 0 Å². The second-order valence-corrected chi connectivity index (χ2v) is 5.27. The van der Waals surface area contributed by atoms with Crippen molar-refractivity contribution in [3.8, 4) is 0 Å². The minimum atomic E-state index is -0.0216. The molecule has 0 fully saturated rings. The van der Waals surface area contributed by atoms with Crippen molar-refractivity contribution in [2.24, 2.45) is 5.92 Å². The number of rotatable bonds is 11. The van der Waals surface area contributed by atoms with Crippen molar-refractivity contribution in [3.05, 3.63) is 0 Å². The van der Waals surface area contributed by atoms with Gasteiger partial charge in [0.25, 0.3) is 0 Å². The summed E-state index contributed by atoms with van der Waals surface area (Å²) < 4.78 is 5.15. The Hall–Kier alpha value is -0.530. The van der Waals surface area contributed by atoms with Gasteiger partial charge in [0.2, 0.25) is 0 Å². The van der Waals surface area contributed by atoms with Crippen LogP contribution >= 0.6 is 0 Å². The highest BCUT2D eigenvalue weighted by atomic mass is 16.5. The first-order valence-corrected chi connectivity index (χ1v) is 7.32. The van der Waals surface area contributed by atoms with E-state index in [1.165, 1.54) is 32.1 Å². The van der Waals surface area contributed by atoms with Gasteiger partial charge in [-0.25, -0.2) is 0 Å². The van der Waals surface area contributed by atoms with Crippen LogP contribution < -0.4 is 0 Å². The van der Waals surface area contributed by atoms with Gasteiger partial charge in [-0.05, 0) is 18.8 Å². The molecule has 0 aliphatic heterocycles. The zero-order chi connectivity index (χ0) is 12.9. The van der Waals surface area contributed by atoms with Crippen molar-refractivity contribution in [3.63, 3.8) is 0 Å². The van der Waals surface area contributed by atoms with Crippen LogP contribution in [0.3, 0.4) is 0 Å². The predicted molar refractivity (Wildman–Crippen MR) is 73.0 cm³/mol. The highest BCUT2D eigenvalue weighted by Crippen LogP contribution is 2.10. The van der Waals surface area contributed by atoms with Gasteiger partial charge in [-0.15, -0.1) is 0 Å². The lowest BCUT2D eigenvalue weighted by atomic mass is 10.0. The smallest absolute Gasteiger partial charge is 0.305 e. The maximum absolute atomic E-state index is 11.2. The highest BCUT2D eigenvalue weighted by Gasteiger charge is 2.01. The summed E-state index contributed by atoms with van der Waals surface area (Å²) in [4.78, 5) is 11.2. The molecule has 0 bridgehead atoms. The monoisotopic (exact) mass is 242 g/mol. The predicted octanol–water partition coefficient (Wildman–Crippen LogP) is 4.72. The van der Waals surface area contributed by atoms with Crippen LogP contribution in [0.4, 0.5) is 0 Å². The van der Waals surface area contributed by atoms with Crippen molar-refractivity contribution >= 4 is 5.97 Å². The molecule has 0 saturated heterocycles. The Morgan fingerprint density at radius 1 is 1.00 bits per heavy atom. The van der Waals surface area contributed by atoms with Crippen molar-refractivity contribution in [2.45, 2.75) is 78.6 Å². The third-order valence-electron chi connectivity index (χ3n) is 2.92. The van der Waals surface area contributed by atoms with Gasteiger partial charge in [0, 0.05) is 6.42 Å². The molecular weight excluding hydrogens is 212 g/mol. The molecule has 0 aromatic heterocycles. The van der Waals surface area contributed by atoms with E-state index in [1.807, 2.05) is 0 Å². The Balaban J connectivity index is 3.10. The first kappa shape index (κ1) is 16.5. The molecule has 17 heavy (non-hydrogen) atoms. The average Bonchev–Trinajstić information content (AvgIpc) is 2.29. The maximum Gasteiger partial charge on any atom is 0.305 e. The Morgan fingerprint density at radius 3 is 2.29 bits per heavy atom. The number of hydrogen-bond acceptors (Lipinski definition) is 2. The second-order valence-electron chi connectivity index (χ2n) is 5.27. The first-order chi connectivity index (χ1) is 8.16. The van der Waals surface area contributed by atoms with Crippen molar-refractivity contribution in [2.75, 3.05) is 6.61 Å². The summed E-state index contributed by atoms with van der Waals surface area (Å²) in [5.74, 6) is 0.807. The summed E-state index contributed by atoms with van der Waals surface area (Å²) in [5.41, 5.74) is 0. The quantitative estimate of drug-likeness (QED) is 0.387. The lowest BCUT2D eigenvalue weighted by molar-refractivity contribution is -0.143. The number of unbranched alkanes of at least 4 members (excludes halogenated alkanes) is 5. The molecule has 0 spiro atoms. The first-order valence-electron chi connectivity index (χ1n) is 7.32. The summed E-state index contributed by atoms with van der Waals surface area (Å²) in [6, 6.07) is 0. The van der Waals surface area contributed by atoms with Crippen LogP contribution in [0.1, 0.15) is 78.6 Å².